The predicted octanol–water partition coefficient (Wildman–Crippen LogP) is -6.17. The number of nitrogens with one attached hydrogen (secondary N) is 1. The van der Waals surface area contributed by atoms with Crippen LogP contribution in [0.4, 0.5) is 5.69 Å². The molecule has 0 heterocycles. The summed E-state index contributed by atoms with van der Waals surface area (Å²) in [6.45, 7) is 0.696. The Kier molecular flexibility index (Phi) is 11.9. The summed E-state index contributed by atoms with van der Waals surface area (Å²) in [4.78, 5) is 31.0. The molecule has 1 amide bonds. The monoisotopic (exact) mass is 305 g/mol. The van der Waals surface area contributed by atoms with Gasteiger partial charge in [-0.05, 0) is 24.3 Å². The molecule has 0 spiro atoms. The summed E-state index contributed by atoms with van der Waals surface area (Å²) in [6, 6.07) is 6.11. The number of phosphoric acid groups is 1. The van der Waals surface area contributed by atoms with E-state index in [1.54, 1.807) is 12.1 Å². The Bertz CT molecular complexity index is 435. The van der Waals surface area contributed by atoms with E-state index < -0.39 is 14.6 Å². The number of benzene rings is 1. The SMILES string of the molecule is CC(=O)Nc1ccc(OCOP(=O)([O-])[O-])cc1.[Na+].[Na+]. The summed E-state index contributed by atoms with van der Waals surface area (Å²) in [5.74, 6) is 0.105. The molecule has 19 heavy (non-hydrogen) atoms. The van der Waals surface area contributed by atoms with Gasteiger partial charge in [0, 0.05) is 12.6 Å². The maximum atomic E-state index is 10.7. The van der Waals surface area contributed by atoms with Gasteiger partial charge in [0.1, 0.15) is 5.75 Å². The topological polar surface area (TPSA) is 111 Å². The molecule has 0 bridgehead atoms. The molecular weight excluding hydrogens is 295 g/mol. The Morgan fingerprint density at radius 2 is 1.79 bits per heavy atom. The number of hydrogen-bond acceptors (Lipinski definition) is 6. The molecule has 0 aromatic heterocycles. The first-order valence-corrected chi connectivity index (χ1v) is 6.00. The molecule has 0 saturated carbocycles. The minimum Gasteiger partial charge on any atom is -0.790 e. The summed E-state index contributed by atoms with van der Waals surface area (Å²) >= 11 is 0. The first-order chi connectivity index (χ1) is 7.87. The standard InChI is InChI=1S/C9H12NO6P.2Na/c1-7(11)10-8-2-4-9(5-3-8)15-6-16-17(12,13)14;;/h2-5H,6H2,1H3,(H,10,11)(H2,12,13,14);;/q;2*+1/p-2. The number of anilines is 1. The van der Waals surface area contributed by atoms with E-state index in [1.807, 2.05) is 0 Å². The van der Waals surface area contributed by atoms with Crippen molar-refractivity contribution in [3.63, 3.8) is 0 Å². The molecule has 10 heteroatoms. The maximum absolute atomic E-state index is 10.7. The first-order valence-electron chi connectivity index (χ1n) is 4.54. The molecule has 1 N–H and O–H groups in total. The van der Waals surface area contributed by atoms with Crippen LogP contribution in [0.1, 0.15) is 6.92 Å². The summed E-state index contributed by atoms with van der Waals surface area (Å²) in [7, 11) is -5.01. The zero-order chi connectivity index (χ0) is 12.9. The largest absolute Gasteiger partial charge is 1.00 e. The molecule has 0 aliphatic rings. The van der Waals surface area contributed by atoms with E-state index in [2.05, 4.69) is 9.84 Å². The van der Waals surface area contributed by atoms with E-state index in [0.717, 1.165) is 0 Å². The summed E-state index contributed by atoms with van der Waals surface area (Å²) < 4.78 is 18.8. The Labute approximate surface area is 154 Å². The molecule has 0 saturated heterocycles. The minimum absolute atomic E-state index is 0. The van der Waals surface area contributed by atoms with Crippen LogP contribution in [-0.4, -0.2) is 12.7 Å². The fraction of sp³-hybridized carbons (Fsp3) is 0.222. The molecule has 1 rings (SSSR count). The third-order valence-corrected chi connectivity index (χ3v) is 2.03. The van der Waals surface area contributed by atoms with Crippen LogP contribution >= 0.6 is 7.82 Å². The zero-order valence-corrected chi connectivity index (χ0v) is 15.8. The van der Waals surface area contributed by atoms with Gasteiger partial charge in [0.2, 0.25) is 5.91 Å². The average Bonchev–Trinajstić information content (AvgIpc) is 2.18. The molecule has 7 nitrogen and oxygen atoms in total. The normalized spacial score (nSPS) is 9.84. The van der Waals surface area contributed by atoms with Gasteiger partial charge in [-0.1, -0.05) is 0 Å². The van der Waals surface area contributed by atoms with Gasteiger partial charge in [-0.25, -0.2) is 0 Å². The van der Waals surface area contributed by atoms with Crippen molar-refractivity contribution in [3.8, 4) is 5.75 Å². The van der Waals surface area contributed by atoms with Crippen LogP contribution in [-0.2, 0) is 13.9 Å². The van der Waals surface area contributed by atoms with Crippen molar-refractivity contribution in [1.82, 2.24) is 0 Å². The Hall–Kier alpha value is 0.600. The number of hydrogen-bond donors (Lipinski definition) is 1. The van der Waals surface area contributed by atoms with Gasteiger partial charge >= 0.3 is 59.1 Å². The third-order valence-electron chi connectivity index (χ3n) is 1.61. The summed E-state index contributed by atoms with van der Waals surface area (Å²) in [6.07, 6.45) is 0. The number of phosphoric ester groups is 1. The minimum atomic E-state index is -5.01. The van der Waals surface area contributed by atoms with Crippen LogP contribution in [0.2, 0.25) is 0 Å². The first kappa shape index (κ1) is 21.9. The van der Waals surface area contributed by atoms with E-state index in [9.17, 15) is 19.1 Å². The smallest absolute Gasteiger partial charge is 0.790 e. The second-order valence-electron chi connectivity index (χ2n) is 3.04. The Balaban J connectivity index is 0. The van der Waals surface area contributed by atoms with Crippen LogP contribution < -0.4 is 79.0 Å². The molecule has 0 aliphatic carbocycles. The quantitative estimate of drug-likeness (QED) is 0.329. The van der Waals surface area contributed by atoms with Crippen molar-refractivity contribution < 1.29 is 87.5 Å². The fourth-order valence-corrected chi connectivity index (χ4v) is 1.18. The van der Waals surface area contributed by atoms with Crippen LogP contribution in [0.25, 0.3) is 0 Å². The van der Waals surface area contributed by atoms with Crippen molar-refractivity contribution >= 4 is 19.4 Å². The average molecular weight is 305 g/mol. The zero-order valence-electron chi connectivity index (χ0n) is 10.9. The summed E-state index contributed by atoms with van der Waals surface area (Å²) in [5, 5.41) is 2.54. The van der Waals surface area contributed by atoms with Crippen LogP contribution in [0, 0.1) is 0 Å². The van der Waals surface area contributed by atoms with Gasteiger partial charge in [-0.2, -0.15) is 0 Å². The van der Waals surface area contributed by atoms with Crippen molar-refractivity contribution in [2.75, 3.05) is 12.1 Å². The van der Waals surface area contributed by atoms with Gasteiger partial charge in [-0.3, -0.25) is 4.79 Å². The van der Waals surface area contributed by atoms with Gasteiger partial charge in [0.25, 0.3) is 0 Å². The van der Waals surface area contributed by atoms with Crippen LogP contribution in [0.15, 0.2) is 24.3 Å². The molecule has 1 aromatic carbocycles. The number of ether oxygens (including phenoxy) is 1. The Morgan fingerprint density at radius 1 is 1.26 bits per heavy atom. The summed E-state index contributed by atoms with van der Waals surface area (Å²) in [5.41, 5.74) is 0.573. The number of carbonyl (C=O) groups excluding carboxylic acids is 1. The Morgan fingerprint density at radius 3 is 2.21 bits per heavy atom. The molecule has 0 atom stereocenters. The van der Waals surface area contributed by atoms with Crippen molar-refractivity contribution in [2.24, 2.45) is 0 Å². The number of amides is 1. The number of rotatable bonds is 5. The fourth-order valence-electron chi connectivity index (χ4n) is 0.997. The molecular formula is C9H10NNa2O6P. The van der Waals surface area contributed by atoms with Gasteiger partial charge in [0.15, 0.2) is 6.79 Å². The van der Waals surface area contributed by atoms with Gasteiger partial charge in [-0.15, -0.1) is 0 Å². The van der Waals surface area contributed by atoms with E-state index in [4.69, 9.17) is 4.74 Å². The molecule has 94 valence electrons. The second-order valence-corrected chi connectivity index (χ2v) is 4.20. The van der Waals surface area contributed by atoms with Crippen LogP contribution in [0.3, 0.4) is 0 Å². The predicted molar refractivity (Wildman–Crippen MR) is 54.9 cm³/mol. The van der Waals surface area contributed by atoms with Crippen molar-refractivity contribution in [1.29, 1.82) is 0 Å². The van der Waals surface area contributed by atoms with Gasteiger partial charge in [0.05, 0.1) is 7.82 Å². The molecule has 0 unspecified atom stereocenters. The van der Waals surface area contributed by atoms with Gasteiger partial charge < -0.3 is 28.9 Å². The molecule has 1 aromatic rings. The molecule has 0 radical (unpaired) electrons. The van der Waals surface area contributed by atoms with E-state index in [-0.39, 0.29) is 65.0 Å². The van der Waals surface area contributed by atoms with E-state index >= 15 is 0 Å². The second kappa shape index (κ2) is 10.3. The van der Waals surface area contributed by atoms with E-state index in [1.165, 1.54) is 19.1 Å². The maximum Gasteiger partial charge on any atom is 1.00 e. The third kappa shape index (κ3) is 11.0. The molecule has 0 aliphatic heterocycles. The molecule has 0 fully saturated rings. The van der Waals surface area contributed by atoms with Crippen molar-refractivity contribution in [2.45, 2.75) is 6.92 Å². The van der Waals surface area contributed by atoms with Crippen LogP contribution in [0.5, 0.6) is 5.75 Å². The number of carbonyl (C=O) groups is 1. The van der Waals surface area contributed by atoms with E-state index in [0.29, 0.717) is 11.4 Å². The van der Waals surface area contributed by atoms with Crippen molar-refractivity contribution in [3.05, 3.63) is 24.3 Å².